The fourth-order valence-electron chi connectivity index (χ4n) is 4.88. The second-order valence-corrected chi connectivity index (χ2v) is 11.8. The molecule has 0 saturated heterocycles. The molecule has 1 aliphatic heterocycles. The molecule has 2 aromatic rings. The van der Waals surface area contributed by atoms with Crippen molar-refractivity contribution in [1.82, 2.24) is 14.2 Å². The van der Waals surface area contributed by atoms with Gasteiger partial charge in [0, 0.05) is 37.8 Å². The number of likely N-dealkylation sites (N-methyl/N-ethyl adjacent to an activating group) is 1. The Morgan fingerprint density at radius 2 is 2.09 bits per heavy atom. The molecule has 7 nitrogen and oxygen atoms in total. The molecule has 4 rings (SSSR count). The SMILES string of the molecule is C[C@H](CO)N1C[C@H](C)[C@@H](CN(C)Cc2ccccn2)Oc2cc(C3=CCCCC3)ccc2S1(=O)=O. The highest BCUT2D eigenvalue weighted by Crippen LogP contribution is 2.37. The summed E-state index contributed by atoms with van der Waals surface area (Å²) in [5, 5.41) is 9.85. The van der Waals surface area contributed by atoms with Gasteiger partial charge in [-0.15, -0.1) is 0 Å². The van der Waals surface area contributed by atoms with E-state index < -0.39 is 16.1 Å². The van der Waals surface area contributed by atoms with Crippen LogP contribution >= 0.6 is 0 Å². The first-order valence-electron chi connectivity index (χ1n) is 12.5. The molecule has 1 aliphatic carbocycles. The maximum absolute atomic E-state index is 13.7. The number of aliphatic hydroxyl groups is 1. The fourth-order valence-corrected chi connectivity index (χ4v) is 6.71. The van der Waals surface area contributed by atoms with Crippen LogP contribution in [-0.4, -0.2) is 66.6 Å². The van der Waals surface area contributed by atoms with Crippen molar-refractivity contribution in [2.24, 2.45) is 5.92 Å². The van der Waals surface area contributed by atoms with Gasteiger partial charge >= 0.3 is 0 Å². The number of pyridine rings is 1. The molecule has 1 N–H and O–H groups in total. The number of benzene rings is 1. The maximum Gasteiger partial charge on any atom is 0.247 e. The molecule has 0 bridgehead atoms. The van der Waals surface area contributed by atoms with Crippen LogP contribution in [0.25, 0.3) is 5.57 Å². The summed E-state index contributed by atoms with van der Waals surface area (Å²) in [6.07, 6.45) is 8.18. The Morgan fingerprint density at radius 1 is 1.26 bits per heavy atom. The van der Waals surface area contributed by atoms with E-state index >= 15 is 0 Å². The minimum Gasteiger partial charge on any atom is -0.487 e. The molecule has 0 unspecified atom stereocenters. The summed E-state index contributed by atoms with van der Waals surface area (Å²) in [4.78, 5) is 6.75. The first-order valence-corrected chi connectivity index (χ1v) is 13.9. The first kappa shape index (κ1) is 25.8. The van der Waals surface area contributed by atoms with Gasteiger partial charge in [-0.1, -0.05) is 25.1 Å². The lowest BCUT2D eigenvalue weighted by molar-refractivity contribution is 0.0730. The van der Waals surface area contributed by atoms with Crippen LogP contribution in [0.1, 0.15) is 50.8 Å². The Bertz CT molecular complexity index is 1140. The van der Waals surface area contributed by atoms with Crippen LogP contribution in [0.5, 0.6) is 5.75 Å². The standard InChI is InChI=1S/C27H37N3O4S/c1-20-16-30(21(2)19-31)35(32,33)27-13-12-23(22-9-5-4-6-10-22)15-25(27)34-26(20)18-29(3)17-24-11-7-8-14-28-24/h7-9,11-15,20-21,26,31H,4-6,10,16-19H2,1-3H3/t20-,21+,26+/m0/s1. The maximum atomic E-state index is 13.7. The van der Waals surface area contributed by atoms with Gasteiger partial charge in [0.25, 0.3) is 0 Å². The largest absolute Gasteiger partial charge is 0.487 e. The van der Waals surface area contributed by atoms with Gasteiger partial charge < -0.3 is 9.84 Å². The first-order chi connectivity index (χ1) is 16.8. The molecule has 2 aliphatic rings. The van der Waals surface area contributed by atoms with Crippen molar-refractivity contribution in [3.63, 3.8) is 0 Å². The zero-order chi connectivity index (χ0) is 25.0. The number of hydrogen-bond acceptors (Lipinski definition) is 6. The average Bonchev–Trinajstić information content (AvgIpc) is 2.86. The van der Waals surface area contributed by atoms with Crippen molar-refractivity contribution in [3.05, 3.63) is 59.9 Å². The van der Waals surface area contributed by atoms with Gasteiger partial charge in [-0.25, -0.2) is 8.42 Å². The van der Waals surface area contributed by atoms with Gasteiger partial charge in [-0.05, 0) is 75.1 Å². The van der Waals surface area contributed by atoms with Crippen molar-refractivity contribution in [1.29, 1.82) is 0 Å². The normalized spacial score (nSPS) is 23.5. The Balaban J connectivity index is 1.69. The zero-order valence-corrected chi connectivity index (χ0v) is 21.7. The molecular formula is C27H37N3O4S. The van der Waals surface area contributed by atoms with Crippen molar-refractivity contribution in [3.8, 4) is 5.75 Å². The Labute approximate surface area is 209 Å². The molecule has 1 aromatic heterocycles. The Kier molecular flexibility index (Phi) is 8.27. The second kappa shape index (κ2) is 11.2. The summed E-state index contributed by atoms with van der Waals surface area (Å²) in [6.45, 7) is 5.09. The van der Waals surface area contributed by atoms with Crippen LogP contribution in [0, 0.1) is 5.92 Å². The number of fused-ring (bicyclic) bond motifs is 1. The van der Waals surface area contributed by atoms with Crippen molar-refractivity contribution < 1.29 is 18.3 Å². The van der Waals surface area contributed by atoms with Gasteiger partial charge in [-0.3, -0.25) is 9.88 Å². The molecular weight excluding hydrogens is 462 g/mol. The lowest BCUT2D eigenvalue weighted by atomic mass is 9.93. The molecule has 0 amide bonds. The third kappa shape index (κ3) is 5.94. The van der Waals surface area contributed by atoms with E-state index in [0.717, 1.165) is 30.5 Å². The summed E-state index contributed by atoms with van der Waals surface area (Å²) in [5.41, 5.74) is 3.24. The number of hydrogen-bond donors (Lipinski definition) is 1. The lowest BCUT2D eigenvalue weighted by Crippen LogP contribution is -2.49. The van der Waals surface area contributed by atoms with E-state index in [1.54, 1.807) is 19.2 Å². The van der Waals surface area contributed by atoms with E-state index in [1.165, 1.54) is 16.3 Å². The zero-order valence-electron chi connectivity index (χ0n) is 20.9. The number of aromatic nitrogens is 1. The Morgan fingerprint density at radius 3 is 2.77 bits per heavy atom. The molecule has 0 radical (unpaired) electrons. The van der Waals surface area contributed by atoms with E-state index in [0.29, 0.717) is 18.8 Å². The van der Waals surface area contributed by atoms with Gasteiger partial charge in [-0.2, -0.15) is 4.31 Å². The molecule has 1 aromatic carbocycles. The van der Waals surface area contributed by atoms with E-state index in [9.17, 15) is 13.5 Å². The van der Waals surface area contributed by atoms with Crippen LogP contribution < -0.4 is 4.74 Å². The number of sulfonamides is 1. The molecule has 8 heteroatoms. The van der Waals surface area contributed by atoms with Crippen molar-refractivity contribution >= 4 is 15.6 Å². The molecule has 2 heterocycles. The number of nitrogens with zero attached hydrogens (tertiary/aromatic N) is 3. The van der Waals surface area contributed by atoms with E-state index in [2.05, 4.69) is 16.0 Å². The van der Waals surface area contributed by atoms with Crippen LogP contribution in [0.3, 0.4) is 0 Å². The van der Waals surface area contributed by atoms with Crippen molar-refractivity contribution in [2.45, 2.75) is 63.1 Å². The number of rotatable bonds is 7. The molecule has 35 heavy (non-hydrogen) atoms. The summed E-state index contributed by atoms with van der Waals surface area (Å²) in [6, 6.07) is 10.8. The van der Waals surface area contributed by atoms with Crippen LogP contribution in [-0.2, 0) is 16.6 Å². The minimum atomic E-state index is -3.83. The van der Waals surface area contributed by atoms with Crippen molar-refractivity contribution in [2.75, 3.05) is 26.7 Å². The quantitative estimate of drug-likeness (QED) is 0.621. The van der Waals surface area contributed by atoms with E-state index in [1.807, 2.05) is 44.3 Å². The van der Waals surface area contributed by atoms with Gasteiger partial charge in [0.1, 0.15) is 16.7 Å². The summed E-state index contributed by atoms with van der Waals surface area (Å²) < 4.78 is 35.3. The predicted molar refractivity (Wildman–Crippen MR) is 137 cm³/mol. The predicted octanol–water partition coefficient (Wildman–Crippen LogP) is 3.94. The highest BCUT2D eigenvalue weighted by Gasteiger charge is 2.38. The van der Waals surface area contributed by atoms with Gasteiger partial charge in [0.2, 0.25) is 10.0 Å². The highest BCUT2D eigenvalue weighted by molar-refractivity contribution is 7.89. The van der Waals surface area contributed by atoms with Crippen LogP contribution in [0.15, 0.2) is 53.6 Å². The monoisotopic (exact) mass is 499 g/mol. The summed E-state index contributed by atoms with van der Waals surface area (Å²) in [5.74, 6) is 0.308. The molecule has 0 fully saturated rings. The Hall–Kier alpha value is -2.26. The number of aliphatic hydroxyl groups excluding tert-OH is 1. The third-order valence-electron chi connectivity index (χ3n) is 6.98. The van der Waals surface area contributed by atoms with E-state index in [-0.39, 0.29) is 30.1 Å². The minimum absolute atomic E-state index is 0.0874. The summed E-state index contributed by atoms with van der Waals surface area (Å²) >= 11 is 0. The smallest absolute Gasteiger partial charge is 0.247 e. The highest BCUT2D eigenvalue weighted by atomic mass is 32.2. The molecule has 190 valence electrons. The number of ether oxygens (including phenoxy) is 1. The molecule has 0 spiro atoms. The van der Waals surface area contributed by atoms with E-state index in [4.69, 9.17) is 4.74 Å². The topological polar surface area (TPSA) is 83.0 Å². The third-order valence-corrected chi connectivity index (χ3v) is 9.00. The lowest BCUT2D eigenvalue weighted by Gasteiger charge is -2.37. The molecule has 0 saturated carbocycles. The number of allylic oxidation sites excluding steroid dienone is 2. The fraction of sp³-hybridized carbons (Fsp3) is 0.519. The average molecular weight is 500 g/mol. The molecule has 3 atom stereocenters. The van der Waals surface area contributed by atoms with Crippen LogP contribution in [0.2, 0.25) is 0 Å². The van der Waals surface area contributed by atoms with Crippen LogP contribution in [0.4, 0.5) is 0 Å². The van der Waals surface area contributed by atoms with Gasteiger partial charge in [0.05, 0.1) is 12.3 Å². The van der Waals surface area contributed by atoms with Gasteiger partial charge in [0.15, 0.2) is 0 Å². The summed E-state index contributed by atoms with van der Waals surface area (Å²) in [7, 11) is -1.80. The second-order valence-electron chi connectivity index (χ2n) is 9.89.